The van der Waals surface area contributed by atoms with E-state index in [4.69, 9.17) is 10.5 Å². The molecule has 33 heavy (non-hydrogen) atoms. The maximum absolute atomic E-state index is 14.9. The predicted octanol–water partition coefficient (Wildman–Crippen LogP) is 5.50. The van der Waals surface area contributed by atoms with Gasteiger partial charge in [0, 0.05) is 11.1 Å². The van der Waals surface area contributed by atoms with Gasteiger partial charge >= 0.3 is 5.97 Å². The number of carboxylic acids is 1. The van der Waals surface area contributed by atoms with Crippen molar-refractivity contribution in [2.24, 2.45) is 0 Å². The number of anilines is 1. The monoisotopic (exact) mass is 440 g/mol. The van der Waals surface area contributed by atoms with Crippen LogP contribution in [0.5, 0.6) is 11.5 Å². The SMILES string of the molecule is Nc1n[nH]c2cc(-c3cccc(C(=O)O)c3F)nc(-c3ccc(Oc4ccccc4)cc3)c12. The van der Waals surface area contributed by atoms with Crippen molar-refractivity contribution >= 4 is 22.7 Å². The third-order valence-corrected chi connectivity index (χ3v) is 5.18. The Morgan fingerprint density at radius 2 is 1.70 bits per heavy atom. The summed E-state index contributed by atoms with van der Waals surface area (Å²) < 4.78 is 20.8. The summed E-state index contributed by atoms with van der Waals surface area (Å²) in [5.41, 5.74) is 7.72. The zero-order chi connectivity index (χ0) is 22.9. The van der Waals surface area contributed by atoms with Gasteiger partial charge in [0.25, 0.3) is 0 Å². The van der Waals surface area contributed by atoms with Crippen molar-refractivity contribution in [2.75, 3.05) is 5.73 Å². The molecule has 7 nitrogen and oxygen atoms in total. The number of nitrogens with zero attached hydrogens (tertiary/aromatic N) is 2. The Morgan fingerprint density at radius 1 is 0.970 bits per heavy atom. The zero-order valence-electron chi connectivity index (χ0n) is 17.1. The first-order valence-electron chi connectivity index (χ1n) is 10.0. The maximum atomic E-state index is 14.9. The Hall–Kier alpha value is -4.72. The second-order valence-electron chi connectivity index (χ2n) is 7.30. The standard InChI is InChI=1S/C25H17FN4O3/c26-22-17(7-4-8-18(22)25(31)32)19-13-20-21(24(27)30-29-20)23(28-19)14-9-11-16(12-10-14)33-15-5-2-1-3-6-15/h1-13H,(H,31,32)(H3,27,29,30). The summed E-state index contributed by atoms with van der Waals surface area (Å²) in [7, 11) is 0. The van der Waals surface area contributed by atoms with E-state index in [1.807, 2.05) is 42.5 Å². The molecule has 4 N–H and O–H groups in total. The van der Waals surface area contributed by atoms with E-state index in [0.29, 0.717) is 33.7 Å². The molecule has 0 aliphatic heterocycles. The number of H-pyrrole nitrogens is 1. The Kier molecular flexibility index (Phi) is 4.95. The largest absolute Gasteiger partial charge is 0.478 e. The van der Waals surface area contributed by atoms with Crippen LogP contribution < -0.4 is 10.5 Å². The molecule has 0 amide bonds. The molecule has 5 aromatic rings. The lowest BCUT2D eigenvalue weighted by atomic mass is 10.0. The van der Waals surface area contributed by atoms with Crippen LogP contribution in [-0.2, 0) is 0 Å². The van der Waals surface area contributed by atoms with Crippen LogP contribution in [0.25, 0.3) is 33.4 Å². The van der Waals surface area contributed by atoms with E-state index in [1.54, 1.807) is 18.2 Å². The second kappa shape index (κ2) is 8.08. The fourth-order valence-electron chi connectivity index (χ4n) is 3.62. The van der Waals surface area contributed by atoms with Gasteiger partial charge in [-0.1, -0.05) is 24.3 Å². The number of nitrogens with two attached hydrogens (primary N) is 1. The summed E-state index contributed by atoms with van der Waals surface area (Å²) in [6, 6.07) is 22.4. The minimum Gasteiger partial charge on any atom is -0.478 e. The highest BCUT2D eigenvalue weighted by Crippen LogP contribution is 2.35. The van der Waals surface area contributed by atoms with Gasteiger partial charge in [0.2, 0.25) is 0 Å². The van der Waals surface area contributed by atoms with E-state index in [2.05, 4.69) is 15.2 Å². The average molecular weight is 440 g/mol. The van der Waals surface area contributed by atoms with Gasteiger partial charge in [-0.3, -0.25) is 5.10 Å². The molecule has 0 aliphatic carbocycles. The fourth-order valence-corrected chi connectivity index (χ4v) is 3.62. The molecule has 0 fully saturated rings. The molecule has 0 atom stereocenters. The number of halogens is 1. The highest BCUT2D eigenvalue weighted by atomic mass is 19.1. The summed E-state index contributed by atoms with van der Waals surface area (Å²) in [6.07, 6.45) is 0. The van der Waals surface area contributed by atoms with Crippen molar-refractivity contribution in [3.05, 3.63) is 90.2 Å². The lowest BCUT2D eigenvalue weighted by molar-refractivity contribution is 0.0692. The van der Waals surface area contributed by atoms with Gasteiger partial charge in [-0.15, -0.1) is 0 Å². The van der Waals surface area contributed by atoms with Gasteiger partial charge in [0.15, 0.2) is 5.82 Å². The summed E-state index contributed by atoms with van der Waals surface area (Å²) in [6.45, 7) is 0. The Balaban J connectivity index is 1.61. The first kappa shape index (κ1) is 20.2. The van der Waals surface area contributed by atoms with Crippen molar-refractivity contribution in [3.8, 4) is 34.0 Å². The molecule has 0 bridgehead atoms. The predicted molar refractivity (Wildman–Crippen MR) is 123 cm³/mol. The minimum absolute atomic E-state index is 0.0650. The molecule has 3 aromatic carbocycles. The molecule has 5 rings (SSSR count). The lowest BCUT2D eigenvalue weighted by Crippen LogP contribution is -2.02. The van der Waals surface area contributed by atoms with Gasteiger partial charge in [-0.05, 0) is 54.6 Å². The van der Waals surface area contributed by atoms with Crippen LogP contribution in [0.4, 0.5) is 10.2 Å². The summed E-state index contributed by atoms with van der Waals surface area (Å²) in [5.74, 6) is -0.612. The first-order valence-corrected chi connectivity index (χ1v) is 10.0. The van der Waals surface area contributed by atoms with Crippen molar-refractivity contribution in [2.45, 2.75) is 0 Å². The van der Waals surface area contributed by atoms with Gasteiger partial charge in [0.1, 0.15) is 17.3 Å². The smallest absolute Gasteiger partial charge is 0.338 e. The normalized spacial score (nSPS) is 10.9. The van der Waals surface area contributed by atoms with Crippen molar-refractivity contribution in [1.82, 2.24) is 15.2 Å². The van der Waals surface area contributed by atoms with E-state index < -0.39 is 17.3 Å². The van der Waals surface area contributed by atoms with Crippen LogP contribution in [0.3, 0.4) is 0 Å². The number of fused-ring (bicyclic) bond motifs is 1. The molecule has 162 valence electrons. The quantitative estimate of drug-likeness (QED) is 0.332. The number of aromatic nitrogens is 3. The summed E-state index contributed by atoms with van der Waals surface area (Å²) in [5, 5.41) is 16.7. The molecule has 2 aromatic heterocycles. The topological polar surface area (TPSA) is 114 Å². The number of pyridine rings is 1. The molecule has 8 heteroatoms. The van der Waals surface area contributed by atoms with Crippen LogP contribution in [-0.4, -0.2) is 26.3 Å². The van der Waals surface area contributed by atoms with Crippen molar-refractivity contribution < 1.29 is 19.0 Å². The first-order chi connectivity index (χ1) is 16.0. The minimum atomic E-state index is -1.35. The number of nitrogen functional groups attached to an aromatic ring is 1. The number of benzene rings is 3. The molecule has 2 heterocycles. The molecule has 0 saturated heterocycles. The number of rotatable bonds is 5. The van der Waals surface area contributed by atoms with Gasteiger partial charge in [-0.2, -0.15) is 5.10 Å². The molecule has 0 saturated carbocycles. The molecule has 0 aliphatic rings. The Bertz CT molecular complexity index is 1480. The van der Waals surface area contributed by atoms with E-state index >= 15 is 0 Å². The number of aromatic carboxylic acids is 1. The second-order valence-corrected chi connectivity index (χ2v) is 7.30. The van der Waals surface area contributed by atoms with E-state index in [-0.39, 0.29) is 17.1 Å². The number of carbonyl (C=O) groups is 1. The van der Waals surface area contributed by atoms with Crippen molar-refractivity contribution in [1.29, 1.82) is 0 Å². The van der Waals surface area contributed by atoms with Crippen LogP contribution in [0.15, 0.2) is 78.9 Å². The fraction of sp³-hybridized carbons (Fsp3) is 0. The van der Waals surface area contributed by atoms with E-state index in [1.165, 1.54) is 18.2 Å². The number of hydrogen-bond donors (Lipinski definition) is 3. The molecule has 0 radical (unpaired) electrons. The highest BCUT2D eigenvalue weighted by molar-refractivity contribution is 6.01. The highest BCUT2D eigenvalue weighted by Gasteiger charge is 2.19. The molecular weight excluding hydrogens is 423 g/mol. The van der Waals surface area contributed by atoms with Gasteiger partial charge in [0.05, 0.1) is 27.9 Å². The number of nitrogens with one attached hydrogen (secondary N) is 1. The number of para-hydroxylation sites is 1. The number of aromatic amines is 1. The molecule has 0 unspecified atom stereocenters. The Labute approximate surface area is 187 Å². The van der Waals surface area contributed by atoms with Crippen LogP contribution >= 0.6 is 0 Å². The third kappa shape index (κ3) is 3.74. The Morgan fingerprint density at radius 3 is 2.42 bits per heavy atom. The van der Waals surface area contributed by atoms with Gasteiger partial charge in [-0.25, -0.2) is 14.2 Å². The third-order valence-electron chi connectivity index (χ3n) is 5.18. The molecule has 0 spiro atoms. The summed E-state index contributed by atoms with van der Waals surface area (Å²) >= 11 is 0. The number of hydrogen-bond acceptors (Lipinski definition) is 5. The van der Waals surface area contributed by atoms with Crippen LogP contribution in [0.2, 0.25) is 0 Å². The number of ether oxygens (including phenoxy) is 1. The maximum Gasteiger partial charge on any atom is 0.338 e. The van der Waals surface area contributed by atoms with Crippen molar-refractivity contribution in [3.63, 3.8) is 0 Å². The van der Waals surface area contributed by atoms with Crippen LogP contribution in [0, 0.1) is 5.82 Å². The summed E-state index contributed by atoms with van der Waals surface area (Å²) in [4.78, 5) is 16.0. The van der Waals surface area contributed by atoms with Gasteiger partial charge < -0.3 is 15.6 Å². The lowest BCUT2D eigenvalue weighted by Gasteiger charge is -2.11. The van der Waals surface area contributed by atoms with E-state index in [9.17, 15) is 14.3 Å². The number of carboxylic acid groups (broad SMARTS) is 1. The van der Waals surface area contributed by atoms with Crippen LogP contribution in [0.1, 0.15) is 10.4 Å². The molecular formula is C25H17FN4O3. The zero-order valence-corrected chi connectivity index (χ0v) is 17.1. The van der Waals surface area contributed by atoms with E-state index in [0.717, 1.165) is 0 Å². The average Bonchev–Trinajstić information content (AvgIpc) is 3.20.